The lowest BCUT2D eigenvalue weighted by molar-refractivity contribution is -0.149. The molecule has 10 nitrogen and oxygen atoms in total. The summed E-state index contributed by atoms with van der Waals surface area (Å²) in [6, 6.07) is 12.4. The number of piperidine rings is 1. The van der Waals surface area contributed by atoms with E-state index in [2.05, 4.69) is 38.3 Å². The third-order valence-electron chi connectivity index (χ3n) is 12.1. The Labute approximate surface area is 283 Å². The second-order valence-electron chi connectivity index (χ2n) is 15.2. The monoisotopic (exact) mass is 673 g/mol. The van der Waals surface area contributed by atoms with E-state index in [1.807, 2.05) is 18.2 Å². The molecule has 2 unspecified atom stereocenters. The standard InChI is InChI=1S/C37H47N5O5S/c1-39(2)48(45,46)38-35(43)24-13-15-29-32(17-24)41-22-37(36(44)42-25-11-8-12-26(42)21-40(3)20-25)19-31(37)30-18-27(47-4)14-16-28(30)34(41)33(29)23-9-6-5-7-10-23/h13-18,23,25-26,31H,5-12,19-22H2,1-4H3,(H,38,43)/t25?,26?,31-,37-/m0/s1. The summed E-state index contributed by atoms with van der Waals surface area (Å²) in [7, 11) is 2.69. The highest BCUT2D eigenvalue weighted by molar-refractivity contribution is 7.87. The minimum atomic E-state index is -3.97. The summed E-state index contributed by atoms with van der Waals surface area (Å²) in [5, 5.41) is 1.09. The van der Waals surface area contributed by atoms with Gasteiger partial charge in [0.1, 0.15) is 5.75 Å². The van der Waals surface area contributed by atoms with Crippen LogP contribution in [0.4, 0.5) is 0 Å². The van der Waals surface area contributed by atoms with Crippen LogP contribution in [0.5, 0.6) is 5.75 Å². The van der Waals surface area contributed by atoms with Crippen LogP contribution in [0.3, 0.4) is 0 Å². The number of carbonyl (C=O) groups is 2. The van der Waals surface area contributed by atoms with E-state index in [0.29, 0.717) is 12.5 Å². The van der Waals surface area contributed by atoms with Crippen molar-refractivity contribution >= 4 is 32.9 Å². The zero-order valence-corrected chi connectivity index (χ0v) is 29.3. The van der Waals surface area contributed by atoms with Crippen molar-refractivity contribution in [2.24, 2.45) is 5.41 Å². The molecule has 11 heteroatoms. The first-order chi connectivity index (χ1) is 23.0. The van der Waals surface area contributed by atoms with Crippen LogP contribution in [0.25, 0.3) is 22.2 Å². The number of benzene rings is 2. The molecule has 256 valence electrons. The molecule has 48 heavy (non-hydrogen) atoms. The number of hydrogen-bond acceptors (Lipinski definition) is 6. The topological polar surface area (TPSA) is 104 Å². The molecule has 4 heterocycles. The predicted octanol–water partition coefficient (Wildman–Crippen LogP) is 5.08. The van der Waals surface area contributed by atoms with E-state index in [1.54, 1.807) is 13.2 Å². The van der Waals surface area contributed by atoms with Crippen molar-refractivity contribution in [3.05, 3.63) is 53.1 Å². The number of nitrogens with zero attached hydrogens (tertiary/aromatic N) is 4. The van der Waals surface area contributed by atoms with Crippen LogP contribution >= 0.6 is 0 Å². The van der Waals surface area contributed by atoms with Gasteiger partial charge in [-0.05, 0) is 92.9 Å². The van der Waals surface area contributed by atoms with Gasteiger partial charge in [0.2, 0.25) is 5.91 Å². The van der Waals surface area contributed by atoms with Gasteiger partial charge in [-0.25, -0.2) is 4.72 Å². The summed E-state index contributed by atoms with van der Waals surface area (Å²) in [5.74, 6) is 0.826. The Bertz CT molecular complexity index is 1900. The number of aromatic nitrogens is 1. The quantitative estimate of drug-likeness (QED) is 0.392. The van der Waals surface area contributed by atoms with Gasteiger partial charge in [-0.2, -0.15) is 12.7 Å². The van der Waals surface area contributed by atoms with Crippen molar-refractivity contribution < 1.29 is 22.7 Å². The number of likely N-dealkylation sites (tertiary alicyclic amines) is 1. The second-order valence-corrected chi connectivity index (χ2v) is 17.1. The first-order valence-electron chi connectivity index (χ1n) is 17.6. The number of amides is 2. The summed E-state index contributed by atoms with van der Waals surface area (Å²) in [6.45, 7) is 2.34. The predicted molar refractivity (Wildman–Crippen MR) is 185 cm³/mol. The fourth-order valence-electron chi connectivity index (χ4n) is 9.60. The smallest absolute Gasteiger partial charge is 0.303 e. The number of ether oxygens (including phenoxy) is 1. The number of likely N-dealkylation sites (N-methyl/N-ethyl adjacent to an activating group) is 1. The van der Waals surface area contributed by atoms with Crippen molar-refractivity contribution in [3.63, 3.8) is 0 Å². The van der Waals surface area contributed by atoms with E-state index < -0.39 is 21.5 Å². The molecule has 4 fully saturated rings. The van der Waals surface area contributed by atoms with Gasteiger partial charge in [-0.15, -0.1) is 0 Å². The van der Waals surface area contributed by atoms with Gasteiger partial charge in [0.25, 0.3) is 5.91 Å². The first kappa shape index (κ1) is 31.8. The maximum atomic E-state index is 15.1. The molecule has 4 atom stereocenters. The lowest BCUT2D eigenvalue weighted by Gasteiger charge is -2.50. The summed E-state index contributed by atoms with van der Waals surface area (Å²) in [4.78, 5) is 33.2. The molecular weight excluding hydrogens is 627 g/mol. The van der Waals surface area contributed by atoms with Gasteiger partial charge in [0.05, 0.1) is 18.2 Å². The Morgan fingerprint density at radius 3 is 2.38 bits per heavy atom. The molecular formula is C37H47N5O5S. The molecule has 1 aromatic heterocycles. The molecule has 2 amide bonds. The minimum Gasteiger partial charge on any atom is -0.497 e. The number of carbonyl (C=O) groups excluding carboxylic acids is 2. The van der Waals surface area contributed by atoms with Crippen LogP contribution in [0.15, 0.2) is 36.4 Å². The number of hydrogen-bond donors (Lipinski definition) is 1. The molecule has 3 aliphatic heterocycles. The Balaban J connectivity index is 1.32. The fourth-order valence-corrected chi connectivity index (χ4v) is 10.1. The van der Waals surface area contributed by atoms with E-state index in [1.165, 1.54) is 44.5 Å². The SMILES string of the molecule is COc1ccc2c(c1)[C@@H]1C[C@]1(C(=O)N1C3CCCC1CN(C)C3)Cn1c-2c(C2CCCCC2)c2ccc(C(=O)NS(=O)(=O)N(C)C)cc21. The van der Waals surface area contributed by atoms with Crippen molar-refractivity contribution in [3.8, 4) is 17.0 Å². The normalized spacial score (nSPS) is 27.2. The number of rotatable bonds is 6. The Morgan fingerprint density at radius 2 is 1.69 bits per heavy atom. The minimum absolute atomic E-state index is 0.0707. The number of fused-ring (bicyclic) bond motifs is 9. The molecule has 1 N–H and O–H groups in total. The average molecular weight is 674 g/mol. The van der Waals surface area contributed by atoms with Gasteiger partial charge in [-0.3, -0.25) is 9.59 Å². The molecule has 2 bridgehead atoms. The average Bonchev–Trinajstić information content (AvgIpc) is 3.73. The molecule has 5 aliphatic rings. The maximum absolute atomic E-state index is 15.1. The number of piperazine rings is 1. The van der Waals surface area contributed by atoms with Crippen molar-refractivity contribution in [2.75, 3.05) is 41.3 Å². The first-order valence-corrected chi connectivity index (χ1v) is 19.1. The van der Waals surface area contributed by atoms with Crippen LogP contribution in [0.1, 0.15) is 91.1 Å². The van der Waals surface area contributed by atoms with E-state index in [-0.39, 0.29) is 29.5 Å². The molecule has 2 saturated carbocycles. The van der Waals surface area contributed by atoms with E-state index in [4.69, 9.17) is 4.74 Å². The third kappa shape index (κ3) is 4.98. The van der Waals surface area contributed by atoms with Gasteiger partial charge >= 0.3 is 10.2 Å². The Morgan fingerprint density at radius 1 is 0.958 bits per heavy atom. The zero-order chi connectivity index (χ0) is 33.5. The molecule has 2 aromatic carbocycles. The molecule has 0 spiro atoms. The van der Waals surface area contributed by atoms with Gasteiger partial charge in [0.15, 0.2) is 0 Å². The Hall–Kier alpha value is -3.41. The maximum Gasteiger partial charge on any atom is 0.303 e. The van der Waals surface area contributed by atoms with Crippen LogP contribution in [0.2, 0.25) is 0 Å². The lowest BCUT2D eigenvalue weighted by atomic mass is 9.81. The van der Waals surface area contributed by atoms with Gasteiger partial charge in [0, 0.05) is 73.8 Å². The molecule has 2 saturated heterocycles. The molecule has 0 radical (unpaired) electrons. The van der Waals surface area contributed by atoms with Crippen LogP contribution in [-0.4, -0.2) is 92.3 Å². The zero-order valence-electron chi connectivity index (χ0n) is 28.5. The van der Waals surface area contributed by atoms with Gasteiger partial charge in [-0.1, -0.05) is 25.3 Å². The summed E-state index contributed by atoms with van der Waals surface area (Å²) < 4.78 is 36.5. The van der Waals surface area contributed by atoms with Crippen molar-refractivity contribution in [1.29, 1.82) is 0 Å². The van der Waals surface area contributed by atoms with Crippen molar-refractivity contribution in [2.45, 2.75) is 88.3 Å². The van der Waals surface area contributed by atoms with E-state index >= 15 is 4.79 Å². The fraction of sp³-hybridized carbons (Fsp3) is 0.568. The van der Waals surface area contributed by atoms with E-state index in [9.17, 15) is 13.2 Å². The van der Waals surface area contributed by atoms with Crippen molar-refractivity contribution in [1.82, 2.24) is 23.4 Å². The van der Waals surface area contributed by atoms with Crippen LogP contribution in [0, 0.1) is 5.41 Å². The highest BCUT2D eigenvalue weighted by atomic mass is 32.2. The molecule has 2 aliphatic carbocycles. The summed E-state index contributed by atoms with van der Waals surface area (Å²) in [5.41, 5.74) is 5.33. The number of methoxy groups -OCH3 is 1. The summed E-state index contributed by atoms with van der Waals surface area (Å²) in [6.07, 6.45) is 9.78. The van der Waals surface area contributed by atoms with Crippen LogP contribution in [-0.2, 0) is 21.5 Å². The van der Waals surface area contributed by atoms with E-state index in [0.717, 1.165) is 83.8 Å². The van der Waals surface area contributed by atoms with Gasteiger partial charge < -0.3 is 19.1 Å². The Kier molecular flexibility index (Phi) is 7.69. The second kappa shape index (κ2) is 11.6. The largest absolute Gasteiger partial charge is 0.497 e. The highest BCUT2D eigenvalue weighted by Crippen LogP contribution is 2.66. The van der Waals surface area contributed by atoms with Crippen LogP contribution < -0.4 is 9.46 Å². The molecule has 3 aromatic rings. The third-order valence-corrected chi connectivity index (χ3v) is 13.5. The lowest BCUT2D eigenvalue weighted by Crippen LogP contribution is -2.63. The number of nitrogens with one attached hydrogen (secondary N) is 1. The highest BCUT2D eigenvalue weighted by Gasteiger charge is 2.65. The summed E-state index contributed by atoms with van der Waals surface area (Å²) >= 11 is 0. The molecule has 8 rings (SSSR count).